The molecule has 0 aromatic heterocycles. The zero-order chi connectivity index (χ0) is 21.4. The van der Waals surface area contributed by atoms with Crippen LogP contribution in [-0.2, 0) is 19.6 Å². The molecular weight excluding hydrogens is 398 g/mol. The number of Topliss-reactive ketones (excluding diaryl/α,β-unsaturated/α-hetero) is 1. The van der Waals surface area contributed by atoms with Crippen molar-refractivity contribution in [2.45, 2.75) is 4.90 Å². The predicted molar refractivity (Wildman–Crippen MR) is 107 cm³/mol. The van der Waals surface area contributed by atoms with E-state index in [1.54, 1.807) is 24.3 Å². The average molecular weight is 419 g/mol. The number of benzene rings is 2. The van der Waals surface area contributed by atoms with Crippen LogP contribution in [0, 0.1) is 0 Å². The lowest BCUT2D eigenvalue weighted by atomic mass is 10.1. The zero-order valence-electron chi connectivity index (χ0n) is 16.2. The highest BCUT2D eigenvalue weighted by molar-refractivity contribution is 7.89. The Morgan fingerprint density at radius 2 is 1.66 bits per heavy atom. The van der Waals surface area contributed by atoms with E-state index in [0.29, 0.717) is 22.6 Å². The van der Waals surface area contributed by atoms with E-state index in [1.165, 1.54) is 45.5 Å². The second-order valence-corrected chi connectivity index (χ2v) is 7.60. The summed E-state index contributed by atoms with van der Waals surface area (Å²) in [5.41, 5.74) is 0.920. The number of sulfonamides is 1. The first-order valence-electron chi connectivity index (χ1n) is 8.44. The van der Waals surface area contributed by atoms with Gasteiger partial charge in [-0.05, 0) is 49.0 Å². The second kappa shape index (κ2) is 9.85. The van der Waals surface area contributed by atoms with Crippen molar-refractivity contribution in [2.75, 3.05) is 27.9 Å². The van der Waals surface area contributed by atoms with Crippen molar-refractivity contribution in [1.82, 2.24) is 4.72 Å². The highest BCUT2D eigenvalue weighted by Crippen LogP contribution is 2.27. The van der Waals surface area contributed by atoms with E-state index < -0.39 is 28.4 Å². The summed E-state index contributed by atoms with van der Waals surface area (Å²) in [7, 11) is 0.744. The van der Waals surface area contributed by atoms with E-state index in [9.17, 15) is 18.0 Å². The largest absolute Gasteiger partial charge is 0.493 e. The van der Waals surface area contributed by atoms with Gasteiger partial charge in [-0.1, -0.05) is 12.1 Å². The highest BCUT2D eigenvalue weighted by Gasteiger charge is 2.13. The fourth-order valence-corrected chi connectivity index (χ4v) is 3.05. The quantitative estimate of drug-likeness (QED) is 0.376. The number of ketones is 1. The third kappa shape index (κ3) is 5.90. The average Bonchev–Trinajstić information content (AvgIpc) is 2.75. The van der Waals surface area contributed by atoms with Gasteiger partial charge in [-0.3, -0.25) is 4.79 Å². The molecule has 0 saturated heterocycles. The highest BCUT2D eigenvalue weighted by atomic mass is 32.2. The number of hydrogen-bond donors (Lipinski definition) is 1. The van der Waals surface area contributed by atoms with Gasteiger partial charge in [0.2, 0.25) is 10.0 Å². The summed E-state index contributed by atoms with van der Waals surface area (Å²) < 4.78 is 40.8. The van der Waals surface area contributed by atoms with Crippen LogP contribution in [0.15, 0.2) is 53.4 Å². The Labute approximate surface area is 169 Å². The van der Waals surface area contributed by atoms with Crippen LogP contribution in [-0.4, -0.2) is 48.0 Å². The third-order valence-electron chi connectivity index (χ3n) is 3.92. The van der Waals surface area contributed by atoms with E-state index in [2.05, 4.69) is 4.72 Å². The lowest BCUT2D eigenvalue weighted by Gasteiger charge is -2.09. The Hall–Kier alpha value is -3.17. The smallest absolute Gasteiger partial charge is 0.331 e. The van der Waals surface area contributed by atoms with Crippen LogP contribution in [0.25, 0.3) is 6.08 Å². The van der Waals surface area contributed by atoms with Crippen molar-refractivity contribution in [3.63, 3.8) is 0 Å². The molecule has 0 spiro atoms. The monoisotopic (exact) mass is 419 g/mol. The summed E-state index contributed by atoms with van der Waals surface area (Å²) in [5, 5.41) is 0. The van der Waals surface area contributed by atoms with Crippen molar-refractivity contribution >= 4 is 27.9 Å². The summed E-state index contributed by atoms with van der Waals surface area (Å²) in [6, 6.07) is 10.6. The number of rotatable bonds is 9. The first-order valence-corrected chi connectivity index (χ1v) is 9.92. The Kier molecular flexibility index (Phi) is 7.52. The maximum absolute atomic E-state index is 12.2. The van der Waals surface area contributed by atoms with E-state index >= 15 is 0 Å². The molecule has 29 heavy (non-hydrogen) atoms. The van der Waals surface area contributed by atoms with Gasteiger partial charge in [0.15, 0.2) is 23.9 Å². The van der Waals surface area contributed by atoms with Crippen LogP contribution in [0.1, 0.15) is 15.9 Å². The lowest BCUT2D eigenvalue weighted by molar-refractivity contribution is -0.136. The van der Waals surface area contributed by atoms with Gasteiger partial charge in [0.05, 0.1) is 19.1 Å². The number of carbonyl (C=O) groups is 2. The molecule has 0 fully saturated rings. The number of nitrogens with one attached hydrogen (secondary N) is 1. The van der Waals surface area contributed by atoms with Gasteiger partial charge in [0, 0.05) is 11.6 Å². The number of ether oxygens (including phenoxy) is 3. The summed E-state index contributed by atoms with van der Waals surface area (Å²) in [4.78, 5) is 24.1. The van der Waals surface area contributed by atoms with Crippen LogP contribution in [0.2, 0.25) is 0 Å². The van der Waals surface area contributed by atoms with E-state index in [0.717, 1.165) is 6.08 Å². The second-order valence-electron chi connectivity index (χ2n) is 5.71. The molecule has 0 radical (unpaired) electrons. The SMILES string of the molecule is CNS(=O)(=O)c1ccc(C=CC(=O)OCC(=O)c2ccc(OC)c(OC)c2)cc1. The fraction of sp³-hybridized carbons (Fsp3) is 0.200. The number of hydrogen-bond acceptors (Lipinski definition) is 7. The van der Waals surface area contributed by atoms with Gasteiger partial charge in [0.25, 0.3) is 0 Å². The maximum Gasteiger partial charge on any atom is 0.331 e. The van der Waals surface area contributed by atoms with Crippen molar-refractivity contribution in [3.8, 4) is 11.5 Å². The van der Waals surface area contributed by atoms with Gasteiger partial charge >= 0.3 is 5.97 Å². The van der Waals surface area contributed by atoms with Crippen molar-refractivity contribution in [2.24, 2.45) is 0 Å². The van der Waals surface area contributed by atoms with E-state index in [1.807, 2.05) is 0 Å². The van der Waals surface area contributed by atoms with Crippen LogP contribution >= 0.6 is 0 Å². The molecule has 2 rings (SSSR count). The molecule has 9 heteroatoms. The van der Waals surface area contributed by atoms with Gasteiger partial charge in [-0.2, -0.15) is 0 Å². The summed E-state index contributed by atoms with van der Waals surface area (Å²) in [6.45, 7) is -0.433. The molecule has 2 aromatic carbocycles. The normalized spacial score (nSPS) is 11.3. The lowest BCUT2D eigenvalue weighted by Crippen LogP contribution is -2.18. The van der Waals surface area contributed by atoms with Gasteiger partial charge in [0.1, 0.15) is 0 Å². The van der Waals surface area contributed by atoms with Crippen molar-refractivity contribution in [3.05, 3.63) is 59.7 Å². The fourth-order valence-electron chi connectivity index (χ4n) is 2.32. The summed E-state index contributed by atoms with van der Waals surface area (Å²) >= 11 is 0. The first-order chi connectivity index (χ1) is 13.8. The predicted octanol–water partition coefficient (Wildman–Crippen LogP) is 2.05. The van der Waals surface area contributed by atoms with Gasteiger partial charge in [-0.15, -0.1) is 0 Å². The molecule has 0 heterocycles. The molecule has 0 bridgehead atoms. The molecular formula is C20H21NO7S. The van der Waals surface area contributed by atoms with Crippen LogP contribution in [0.5, 0.6) is 11.5 Å². The van der Waals surface area contributed by atoms with Crippen LogP contribution in [0.3, 0.4) is 0 Å². The molecule has 0 saturated carbocycles. The van der Waals surface area contributed by atoms with Crippen molar-refractivity contribution < 1.29 is 32.2 Å². The molecule has 0 aliphatic heterocycles. The Morgan fingerprint density at radius 1 is 1.00 bits per heavy atom. The van der Waals surface area contributed by atoms with E-state index in [-0.39, 0.29) is 4.90 Å². The number of esters is 1. The first kappa shape index (κ1) is 22.1. The topological polar surface area (TPSA) is 108 Å². The van der Waals surface area contributed by atoms with Crippen molar-refractivity contribution in [1.29, 1.82) is 0 Å². The minimum absolute atomic E-state index is 0.111. The maximum atomic E-state index is 12.2. The molecule has 0 amide bonds. The van der Waals surface area contributed by atoms with E-state index in [4.69, 9.17) is 14.2 Å². The Bertz CT molecular complexity index is 1010. The molecule has 0 aliphatic carbocycles. The number of methoxy groups -OCH3 is 2. The van der Waals surface area contributed by atoms with Crippen LogP contribution < -0.4 is 14.2 Å². The minimum Gasteiger partial charge on any atom is -0.493 e. The van der Waals surface area contributed by atoms with Crippen LogP contribution in [0.4, 0.5) is 0 Å². The summed E-state index contributed by atoms with van der Waals surface area (Å²) in [6.07, 6.45) is 2.61. The molecule has 8 nitrogen and oxygen atoms in total. The zero-order valence-corrected chi connectivity index (χ0v) is 17.0. The molecule has 2 aromatic rings. The van der Waals surface area contributed by atoms with Gasteiger partial charge < -0.3 is 14.2 Å². The minimum atomic E-state index is -3.52. The molecule has 0 atom stereocenters. The molecule has 0 unspecified atom stereocenters. The number of carbonyl (C=O) groups excluding carboxylic acids is 2. The molecule has 1 N–H and O–H groups in total. The third-order valence-corrected chi connectivity index (χ3v) is 5.35. The Morgan fingerprint density at radius 3 is 2.24 bits per heavy atom. The van der Waals surface area contributed by atoms with Gasteiger partial charge in [-0.25, -0.2) is 17.9 Å². The standard InChI is InChI=1S/C20H21NO7S/c1-21-29(24,25)16-8-4-14(5-9-16)6-11-20(23)28-13-17(22)15-7-10-18(26-2)19(12-15)27-3/h4-12,21H,13H2,1-3H3. The molecule has 0 aliphatic rings. The summed E-state index contributed by atoms with van der Waals surface area (Å²) in [5.74, 6) is -0.217. The molecule has 154 valence electrons. The Balaban J connectivity index is 1.95.